The molecule has 0 aliphatic heterocycles. The average molecular weight is 303 g/mol. The number of hydrogen-bond acceptors (Lipinski definition) is 2. The summed E-state index contributed by atoms with van der Waals surface area (Å²) in [7, 11) is 0. The van der Waals surface area contributed by atoms with Gasteiger partial charge in [0.15, 0.2) is 0 Å². The Morgan fingerprint density at radius 2 is 2.14 bits per heavy atom. The standard InChI is InChI=1S/C17H19ClN2O/c1-13(2)20-10-8-16(19-20)12-21-17-7-6-15(5-4-9-18)11-14(17)3/h6-8,10-11,13H,9,12H2,1-3H3. The molecule has 3 nitrogen and oxygen atoms in total. The van der Waals surface area contributed by atoms with Gasteiger partial charge < -0.3 is 4.74 Å². The molecule has 0 N–H and O–H groups in total. The van der Waals surface area contributed by atoms with Crippen LogP contribution in [-0.4, -0.2) is 15.7 Å². The number of nitrogens with zero attached hydrogens (tertiary/aromatic N) is 2. The fourth-order valence-electron chi connectivity index (χ4n) is 1.92. The van der Waals surface area contributed by atoms with Crippen molar-refractivity contribution in [1.29, 1.82) is 0 Å². The normalized spacial score (nSPS) is 10.3. The van der Waals surface area contributed by atoms with Crippen molar-refractivity contribution in [2.24, 2.45) is 0 Å². The highest BCUT2D eigenvalue weighted by atomic mass is 35.5. The van der Waals surface area contributed by atoms with Crippen LogP contribution in [0.5, 0.6) is 5.75 Å². The third-order valence-corrected chi connectivity index (χ3v) is 3.18. The van der Waals surface area contributed by atoms with Gasteiger partial charge in [0.2, 0.25) is 0 Å². The summed E-state index contributed by atoms with van der Waals surface area (Å²) in [5, 5.41) is 4.47. The van der Waals surface area contributed by atoms with Crippen molar-refractivity contribution in [3.63, 3.8) is 0 Å². The Balaban J connectivity index is 2.02. The predicted octanol–water partition coefficient (Wildman–Crippen LogP) is 3.94. The first-order valence-corrected chi connectivity index (χ1v) is 7.46. The lowest BCUT2D eigenvalue weighted by atomic mass is 10.1. The molecule has 0 aliphatic carbocycles. The Kier molecular flexibility index (Phi) is 5.30. The van der Waals surface area contributed by atoms with Gasteiger partial charge in [0.1, 0.15) is 12.4 Å². The first-order chi connectivity index (χ1) is 10.1. The molecule has 4 heteroatoms. The van der Waals surface area contributed by atoms with Gasteiger partial charge in [-0.1, -0.05) is 11.8 Å². The van der Waals surface area contributed by atoms with Crippen molar-refractivity contribution in [3.8, 4) is 17.6 Å². The molecule has 110 valence electrons. The van der Waals surface area contributed by atoms with Crippen LogP contribution in [0.25, 0.3) is 0 Å². The minimum absolute atomic E-state index is 0.343. The molecule has 0 amide bonds. The lowest BCUT2D eigenvalue weighted by Crippen LogP contribution is -2.03. The minimum atomic E-state index is 0.343. The van der Waals surface area contributed by atoms with Crippen molar-refractivity contribution in [2.45, 2.75) is 33.4 Å². The first-order valence-electron chi connectivity index (χ1n) is 6.92. The molecule has 0 aliphatic rings. The summed E-state index contributed by atoms with van der Waals surface area (Å²) in [6.07, 6.45) is 1.97. The molecule has 21 heavy (non-hydrogen) atoms. The van der Waals surface area contributed by atoms with Crippen LogP contribution in [0, 0.1) is 18.8 Å². The zero-order valence-corrected chi connectivity index (χ0v) is 13.3. The maximum Gasteiger partial charge on any atom is 0.132 e. The van der Waals surface area contributed by atoms with Crippen LogP contribution >= 0.6 is 11.6 Å². The quantitative estimate of drug-likeness (QED) is 0.632. The van der Waals surface area contributed by atoms with Gasteiger partial charge in [-0.25, -0.2) is 0 Å². The monoisotopic (exact) mass is 302 g/mol. The Labute approximate surface area is 130 Å². The van der Waals surface area contributed by atoms with E-state index in [2.05, 4.69) is 30.8 Å². The van der Waals surface area contributed by atoms with Crippen molar-refractivity contribution in [3.05, 3.63) is 47.3 Å². The predicted molar refractivity (Wildman–Crippen MR) is 85.7 cm³/mol. The third kappa shape index (κ3) is 4.27. The Bertz CT molecular complexity index is 665. The van der Waals surface area contributed by atoms with Crippen LogP contribution in [0.1, 0.15) is 36.7 Å². The van der Waals surface area contributed by atoms with Gasteiger partial charge in [0.05, 0.1) is 11.6 Å². The van der Waals surface area contributed by atoms with Gasteiger partial charge in [-0.15, -0.1) is 11.6 Å². The highest BCUT2D eigenvalue weighted by Gasteiger charge is 2.05. The number of hydrogen-bond donors (Lipinski definition) is 0. The summed E-state index contributed by atoms with van der Waals surface area (Å²) in [6, 6.07) is 8.22. The lowest BCUT2D eigenvalue weighted by molar-refractivity contribution is 0.296. The fourth-order valence-corrected chi connectivity index (χ4v) is 1.99. The highest BCUT2D eigenvalue weighted by Crippen LogP contribution is 2.20. The van der Waals surface area contributed by atoms with E-state index in [0.717, 1.165) is 22.6 Å². The Morgan fingerprint density at radius 3 is 2.76 bits per heavy atom. The number of aromatic nitrogens is 2. The largest absolute Gasteiger partial charge is 0.487 e. The van der Waals surface area contributed by atoms with Gasteiger partial charge >= 0.3 is 0 Å². The molecule has 0 fully saturated rings. The van der Waals surface area contributed by atoms with E-state index in [0.29, 0.717) is 18.5 Å². The number of benzene rings is 1. The lowest BCUT2D eigenvalue weighted by Gasteiger charge is -2.08. The molecule has 0 radical (unpaired) electrons. The fraction of sp³-hybridized carbons (Fsp3) is 0.353. The van der Waals surface area contributed by atoms with Gasteiger partial charge in [-0.3, -0.25) is 4.68 Å². The second-order valence-corrected chi connectivity index (χ2v) is 5.35. The third-order valence-electron chi connectivity index (χ3n) is 3.04. The minimum Gasteiger partial charge on any atom is -0.487 e. The first kappa shape index (κ1) is 15.5. The number of aryl methyl sites for hydroxylation is 1. The van der Waals surface area contributed by atoms with Crippen LogP contribution in [0.4, 0.5) is 0 Å². The van der Waals surface area contributed by atoms with Crippen LogP contribution in [0.15, 0.2) is 30.5 Å². The molecule has 0 saturated carbocycles. The second kappa shape index (κ2) is 7.19. The number of alkyl halides is 1. The maximum absolute atomic E-state index is 5.83. The molecule has 1 aromatic carbocycles. The molecule has 1 aromatic heterocycles. The van der Waals surface area contributed by atoms with Crippen molar-refractivity contribution in [1.82, 2.24) is 9.78 Å². The molecule has 0 spiro atoms. The summed E-state index contributed by atoms with van der Waals surface area (Å²) in [5.41, 5.74) is 2.93. The van der Waals surface area contributed by atoms with E-state index in [4.69, 9.17) is 16.3 Å². The summed E-state index contributed by atoms with van der Waals surface area (Å²) in [4.78, 5) is 0. The molecular formula is C17H19ClN2O. The van der Waals surface area contributed by atoms with Crippen LogP contribution in [0.3, 0.4) is 0 Å². The molecule has 0 unspecified atom stereocenters. The second-order valence-electron chi connectivity index (χ2n) is 5.09. The molecule has 0 atom stereocenters. The van der Waals surface area contributed by atoms with Crippen LogP contribution in [-0.2, 0) is 6.61 Å². The number of ether oxygens (including phenoxy) is 1. The van der Waals surface area contributed by atoms with E-state index >= 15 is 0 Å². The van der Waals surface area contributed by atoms with Gasteiger partial charge in [-0.2, -0.15) is 5.10 Å². The van der Waals surface area contributed by atoms with Crippen molar-refractivity contribution < 1.29 is 4.74 Å². The van der Waals surface area contributed by atoms with Gasteiger partial charge in [0, 0.05) is 17.8 Å². The molecule has 2 aromatic rings. The topological polar surface area (TPSA) is 27.1 Å². The molecule has 1 heterocycles. The Morgan fingerprint density at radius 1 is 1.33 bits per heavy atom. The molecular weight excluding hydrogens is 284 g/mol. The van der Waals surface area contributed by atoms with E-state index in [-0.39, 0.29) is 0 Å². The molecule has 0 saturated heterocycles. The maximum atomic E-state index is 5.83. The highest BCUT2D eigenvalue weighted by molar-refractivity contribution is 6.19. The number of rotatable bonds is 4. The van der Waals surface area contributed by atoms with Gasteiger partial charge in [0.25, 0.3) is 0 Å². The molecule has 2 rings (SSSR count). The van der Waals surface area contributed by atoms with Crippen molar-refractivity contribution >= 4 is 11.6 Å². The summed E-state index contributed by atoms with van der Waals surface area (Å²) in [5.74, 6) is 7.04. The van der Waals surface area contributed by atoms with Crippen molar-refractivity contribution in [2.75, 3.05) is 5.88 Å². The van der Waals surface area contributed by atoms with E-state index in [1.807, 2.05) is 42.1 Å². The zero-order valence-electron chi connectivity index (χ0n) is 12.6. The van der Waals surface area contributed by atoms with E-state index < -0.39 is 0 Å². The summed E-state index contributed by atoms with van der Waals surface area (Å²) >= 11 is 5.56. The van der Waals surface area contributed by atoms with E-state index in [9.17, 15) is 0 Å². The van der Waals surface area contributed by atoms with E-state index in [1.165, 1.54) is 0 Å². The summed E-state index contributed by atoms with van der Waals surface area (Å²) in [6.45, 7) is 6.67. The Hall–Kier alpha value is -1.92. The number of halogens is 1. The smallest absolute Gasteiger partial charge is 0.132 e. The van der Waals surface area contributed by atoms with Crippen LogP contribution in [0.2, 0.25) is 0 Å². The average Bonchev–Trinajstić information content (AvgIpc) is 2.93. The van der Waals surface area contributed by atoms with E-state index in [1.54, 1.807) is 0 Å². The SMILES string of the molecule is Cc1cc(C#CCCl)ccc1OCc1ccn(C(C)C)n1. The zero-order chi connectivity index (χ0) is 15.2. The summed E-state index contributed by atoms with van der Waals surface area (Å²) < 4.78 is 7.75. The molecule has 0 bridgehead atoms. The van der Waals surface area contributed by atoms with Gasteiger partial charge in [-0.05, 0) is 50.6 Å². The van der Waals surface area contributed by atoms with Crippen LogP contribution < -0.4 is 4.74 Å².